The van der Waals surface area contributed by atoms with Gasteiger partial charge in [-0.3, -0.25) is 28.7 Å². The molecule has 0 radical (unpaired) electrons. The molecule has 0 spiro atoms. The molecule has 0 saturated carbocycles. The van der Waals surface area contributed by atoms with Gasteiger partial charge in [0.15, 0.2) is 12.3 Å². The number of aromatic nitrogens is 1. The Morgan fingerprint density at radius 1 is 0.803 bits per heavy atom. The number of primary amides is 1. The number of anilines is 2. The molecular formula is C59H76N9O7S+3. The lowest BCUT2D eigenvalue weighted by Gasteiger charge is -2.55. The summed E-state index contributed by atoms with van der Waals surface area (Å²) < 4.78 is 37.1. The van der Waals surface area contributed by atoms with Crippen molar-refractivity contribution in [2.75, 3.05) is 95.0 Å². The van der Waals surface area contributed by atoms with E-state index < -0.39 is 15.5 Å². The molecule has 3 saturated heterocycles. The number of piperazine rings is 3. The van der Waals surface area contributed by atoms with E-state index in [1.54, 1.807) is 12.3 Å². The second-order valence-corrected chi connectivity index (χ2v) is 23.7. The highest BCUT2D eigenvalue weighted by Gasteiger charge is 2.49. The van der Waals surface area contributed by atoms with Crippen LogP contribution >= 0.6 is 0 Å². The lowest BCUT2D eigenvalue weighted by molar-refractivity contribution is -1.08. The molecule has 6 N–H and O–H groups in total. The van der Waals surface area contributed by atoms with Crippen molar-refractivity contribution in [1.82, 2.24) is 15.6 Å². The zero-order valence-electron chi connectivity index (χ0n) is 44.8. The highest BCUT2D eigenvalue weighted by Crippen LogP contribution is 2.48. The molecule has 3 fully saturated rings. The third kappa shape index (κ3) is 13.1. The predicted molar refractivity (Wildman–Crippen MR) is 299 cm³/mol. The molecule has 76 heavy (non-hydrogen) atoms. The molecule has 5 aliphatic rings. The standard InChI is InChI=1S/C59H73N9O7S/c1-58(2)47-14-8-10-16-50(47)65(5)52(58)27-22-44(23-28-53-59(3,4)48-15-9-11-17-51(48)66(53)31-13-39-76(73,74)75)49-26-21-45(40-62-49)57(72)61-30-12-6-7-18-55(70)63-41-56(71)64-46-24-19-43(20-25-46)29-32-67-33-36-68(37-34-67,38-35-67)42-54(60)69/h8-11,14-17,19-28,40H,6-7,12-13,18,29-39,41-42H2,1-5H3,(H3-3,60,61,63,64,69,70,71,72,73,74,75)/p+3. The van der Waals surface area contributed by atoms with Gasteiger partial charge < -0.3 is 35.6 Å². The summed E-state index contributed by atoms with van der Waals surface area (Å²) in [7, 11) is -2.06. The molecule has 4 amide bonds. The number of hydrogen-bond acceptors (Lipinski definition) is 8. The summed E-state index contributed by atoms with van der Waals surface area (Å²) in [6, 6.07) is 28.0. The monoisotopic (exact) mass is 1050 g/mol. The Morgan fingerprint density at radius 3 is 2.16 bits per heavy atom. The molecule has 4 aromatic rings. The van der Waals surface area contributed by atoms with E-state index in [9.17, 15) is 32.1 Å². The molecule has 402 valence electrons. The topological polar surface area (TPSA) is 204 Å². The minimum absolute atomic E-state index is 0.123. The van der Waals surface area contributed by atoms with E-state index in [0.29, 0.717) is 55.8 Å². The molecule has 17 heteroatoms. The van der Waals surface area contributed by atoms with Gasteiger partial charge in [0.25, 0.3) is 21.9 Å². The van der Waals surface area contributed by atoms with Crippen molar-refractivity contribution >= 4 is 62.1 Å². The third-order valence-corrected chi connectivity index (χ3v) is 17.1. The van der Waals surface area contributed by atoms with Crippen molar-refractivity contribution in [3.05, 3.63) is 149 Å². The molecule has 5 aliphatic heterocycles. The molecular weight excluding hydrogens is 979 g/mol. The number of carbonyl (C=O) groups excluding carboxylic acids is 4. The molecule has 0 unspecified atom stereocenters. The van der Waals surface area contributed by atoms with Crippen LogP contribution in [0.25, 0.3) is 5.57 Å². The molecule has 6 heterocycles. The molecule has 0 atom stereocenters. The Hall–Kier alpha value is -6.79. The predicted octanol–water partition coefficient (Wildman–Crippen LogP) is 6.42. The van der Waals surface area contributed by atoms with E-state index >= 15 is 0 Å². The van der Waals surface area contributed by atoms with Crippen LogP contribution in [-0.4, -0.2) is 146 Å². The number of nitrogens with one attached hydrogen (secondary N) is 3. The van der Waals surface area contributed by atoms with E-state index in [1.165, 1.54) is 11.1 Å². The summed E-state index contributed by atoms with van der Waals surface area (Å²) in [6.07, 6.45) is 13.3. The van der Waals surface area contributed by atoms with Gasteiger partial charge in [0, 0.05) is 77.9 Å². The summed E-state index contributed by atoms with van der Waals surface area (Å²) >= 11 is 0. The molecule has 3 aromatic carbocycles. The van der Waals surface area contributed by atoms with E-state index in [2.05, 4.69) is 103 Å². The van der Waals surface area contributed by atoms with Crippen molar-refractivity contribution in [3.63, 3.8) is 0 Å². The quantitative estimate of drug-likeness (QED) is 0.0183. The summed E-state index contributed by atoms with van der Waals surface area (Å²) in [4.78, 5) is 57.1. The number of amides is 4. The summed E-state index contributed by atoms with van der Waals surface area (Å²) in [6.45, 7) is 17.1. The van der Waals surface area contributed by atoms with Crippen LogP contribution in [0, 0.1) is 0 Å². The van der Waals surface area contributed by atoms with Gasteiger partial charge in [0.05, 0.1) is 35.5 Å². The van der Waals surface area contributed by atoms with Gasteiger partial charge in [-0.05, 0) is 86.7 Å². The van der Waals surface area contributed by atoms with Crippen LogP contribution in [0.5, 0.6) is 0 Å². The molecule has 0 aliphatic carbocycles. The first kappa shape index (κ1) is 55.4. The summed E-state index contributed by atoms with van der Waals surface area (Å²) in [5, 5.41) is 8.57. The Kier molecular flexibility index (Phi) is 16.9. The van der Waals surface area contributed by atoms with Gasteiger partial charge in [-0.15, -0.1) is 0 Å². The zero-order valence-corrected chi connectivity index (χ0v) is 45.6. The molecule has 2 bridgehead atoms. The first-order valence-corrected chi connectivity index (χ1v) is 28.3. The maximum atomic E-state index is 13.3. The number of nitrogens with zero attached hydrogens (tertiary/aromatic N) is 5. The molecule has 1 aromatic heterocycles. The van der Waals surface area contributed by atoms with Gasteiger partial charge in [-0.2, -0.15) is 13.0 Å². The Balaban J connectivity index is 0.814. The van der Waals surface area contributed by atoms with Gasteiger partial charge >= 0.3 is 0 Å². The largest absolute Gasteiger partial charge is 0.365 e. The number of unbranched alkanes of at least 4 members (excludes halogenated alkanes) is 2. The average Bonchev–Trinajstić information content (AvgIpc) is 3.77. The van der Waals surface area contributed by atoms with Crippen molar-refractivity contribution in [3.8, 4) is 0 Å². The fourth-order valence-electron chi connectivity index (χ4n) is 11.7. The number of quaternary nitrogens is 2. The third-order valence-electron chi connectivity index (χ3n) is 16.2. The smallest absolute Gasteiger partial charge is 0.272 e. The van der Waals surface area contributed by atoms with E-state index in [1.807, 2.05) is 60.7 Å². The van der Waals surface area contributed by atoms with Gasteiger partial charge in [0.1, 0.15) is 46.3 Å². The number of rotatable bonds is 23. The van der Waals surface area contributed by atoms with E-state index in [-0.39, 0.29) is 54.2 Å². The van der Waals surface area contributed by atoms with Crippen molar-refractivity contribution < 1.29 is 45.7 Å². The van der Waals surface area contributed by atoms with Gasteiger partial charge in [0.2, 0.25) is 17.5 Å². The second-order valence-electron chi connectivity index (χ2n) is 22.2. The Bertz CT molecular complexity index is 3040. The number of allylic oxidation sites excluding steroid dienone is 6. The summed E-state index contributed by atoms with van der Waals surface area (Å²) in [5.74, 6) is -1.31. The fraction of sp³-hybridized carbons (Fsp3) is 0.424. The average molecular weight is 1060 g/mol. The van der Waals surface area contributed by atoms with Crippen LogP contribution in [0.15, 0.2) is 121 Å². The van der Waals surface area contributed by atoms with Crippen LogP contribution in [0.1, 0.15) is 92.5 Å². The van der Waals surface area contributed by atoms with Crippen LogP contribution in [0.4, 0.5) is 17.1 Å². The second kappa shape index (κ2) is 23.2. The summed E-state index contributed by atoms with van der Waals surface area (Å²) in [5.41, 5.74) is 15.2. The minimum atomic E-state index is -4.13. The lowest BCUT2D eigenvalue weighted by atomic mass is 9.81. The number of nitrogens with two attached hydrogens (primary N) is 1. The van der Waals surface area contributed by atoms with Crippen LogP contribution in [-0.2, 0) is 41.8 Å². The highest BCUT2D eigenvalue weighted by molar-refractivity contribution is 7.85. The van der Waals surface area contributed by atoms with Crippen LogP contribution in [0.2, 0.25) is 0 Å². The van der Waals surface area contributed by atoms with E-state index in [4.69, 9.17) is 10.7 Å². The van der Waals surface area contributed by atoms with E-state index in [0.717, 1.165) is 95.1 Å². The Labute approximate surface area is 448 Å². The number of pyridine rings is 1. The van der Waals surface area contributed by atoms with Crippen LogP contribution in [0.3, 0.4) is 0 Å². The normalized spacial score (nSPS) is 20.9. The highest BCUT2D eigenvalue weighted by atomic mass is 32.2. The Morgan fingerprint density at radius 2 is 1.49 bits per heavy atom. The van der Waals surface area contributed by atoms with Gasteiger partial charge in [-0.25, -0.2) is 0 Å². The first-order chi connectivity index (χ1) is 36.2. The number of carbonyl (C=O) groups is 4. The van der Waals surface area contributed by atoms with Crippen LogP contribution < -0.4 is 26.6 Å². The molecule has 16 nitrogen and oxygen atoms in total. The number of fused-ring (bicyclic) bond motifs is 5. The maximum absolute atomic E-state index is 13.3. The van der Waals surface area contributed by atoms with Gasteiger partial charge in [-0.1, -0.05) is 74.9 Å². The molecule has 9 rings (SSSR count). The number of hydrogen-bond donors (Lipinski definition) is 5. The van der Waals surface area contributed by atoms with Crippen molar-refractivity contribution in [2.45, 2.75) is 77.0 Å². The number of benzene rings is 3. The van der Waals surface area contributed by atoms with Crippen molar-refractivity contribution in [1.29, 1.82) is 0 Å². The maximum Gasteiger partial charge on any atom is 0.272 e. The minimum Gasteiger partial charge on any atom is -0.365 e. The SMILES string of the molecule is C[N+]1=C(/C=C/C(=C/C=C2\N(CCCS(=O)(=O)O)c3ccccc3C2(C)C)c2ccc(C(=O)NCCCCCC(=O)NCC(=O)Nc3ccc(CC[N+]45CC[N+](CC(N)=O)(CC4)CC5)cc3)cn2)C(C)(C)c2ccccc21. The van der Waals surface area contributed by atoms with Crippen molar-refractivity contribution in [2.24, 2.45) is 5.73 Å². The zero-order chi connectivity index (χ0) is 54.3. The fourth-order valence-corrected chi connectivity index (χ4v) is 12.2. The lowest BCUT2D eigenvalue weighted by Crippen LogP contribution is -2.76. The first-order valence-electron chi connectivity index (χ1n) is 26.7. The number of para-hydroxylation sites is 2.